The van der Waals surface area contributed by atoms with E-state index in [-0.39, 0.29) is 0 Å². The molecule has 1 saturated carbocycles. The maximum Gasteiger partial charge on any atom is 0.0623 e. The lowest BCUT2D eigenvalue weighted by Crippen LogP contribution is -2.40. The van der Waals surface area contributed by atoms with Crippen molar-refractivity contribution in [1.29, 1.82) is 0 Å². The molecule has 2 aliphatic rings. The third kappa shape index (κ3) is 2.96. The standard InChI is InChI=1S/C13H26N2O/c1-4-15-12-9-16-8-10(12)6-14-7-11-5-13(11,2)3/h10-12,14-15H,4-9H2,1-3H3. The zero-order valence-electron chi connectivity index (χ0n) is 10.9. The number of rotatable bonds is 6. The first-order valence-corrected chi connectivity index (χ1v) is 6.65. The van der Waals surface area contributed by atoms with Crippen molar-refractivity contribution in [2.75, 3.05) is 32.8 Å². The summed E-state index contributed by atoms with van der Waals surface area (Å²) in [5.41, 5.74) is 0.597. The van der Waals surface area contributed by atoms with Gasteiger partial charge in [0.25, 0.3) is 0 Å². The Morgan fingerprint density at radius 1 is 1.25 bits per heavy atom. The molecular formula is C13H26N2O. The van der Waals surface area contributed by atoms with Crippen molar-refractivity contribution < 1.29 is 4.74 Å². The Kier molecular flexibility index (Phi) is 3.88. The predicted octanol–water partition coefficient (Wildman–Crippen LogP) is 1.25. The molecule has 0 spiro atoms. The number of hydrogen-bond donors (Lipinski definition) is 2. The summed E-state index contributed by atoms with van der Waals surface area (Å²) in [7, 11) is 0. The minimum absolute atomic E-state index is 0.560. The highest BCUT2D eigenvalue weighted by molar-refractivity contribution is 4.96. The van der Waals surface area contributed by atoms with Gasteiger partial charge in [0.15, 0.2) is 0 Å². The van der Waals surface area contributed by atoms with Crippen LogP contribution in [0.15, 0.2) is 0 Å². The SMILES string of the molecule is CCNC1COCC1CNCC1CC1(C)C. The largest absolute Gasteiger partial charge is 0.379 e. The van der Waals surface area contributed by atoms with Crippen LogP contribution in [0.3, 0.4) is 0 Å². The fraction of sp³-hybridized carbons (Fsp3) is 1.00. The third-order valence-corrected chi connectivity index (χ3v) is 4.18. The lowest BCUT2D eigenvalue weighted by molar-refractivity contribution is 0.182. The molecule has 94 valence electrons. The zero-order chi connectivity index (χ0) is 11.6. The van der Waals surface area contributed by atoms with Crippen LogP contribution in [0.4, 0.5) is 0 Å². The van der Waals surface area contributed by atoms with Crippen molar-refractivity contribution >= 4 is 0 Å². The molecule has 2 N–H and O–H groups in total. The molecule has 0 bridgehead atoms. The summed E-state index contributed by atoms with van der Waals surface area (Å²) in [6.07, 6.45) is 1.39. The van der Waals surface area contributed by atoms with Gasteiger partial charge >= 0.3 is 0 Å². The highest BCUT2D eigenvalue weighted by atomic mass is 16.5. The summed E-state index contributed by atoms with van der Waals surface area (Å²) in [5.74, 6) is 1.55. The van der Waals surface area contributed by atoms with Crippen LogP contribution in [-0.2, 0) is 4.74 Å². The Bertz CT molecular complexity index is 230. The summed E-state index contributed by atoms with van der Waals surface area (Å²) in [6, 6.07) is 0.560. The van der Waals surface area contributed by atoms with Crippen molar-refractivity contribution in [3.05, 3.63) is 0 Å². The smallest absolute Gasteiger partial charge is 0.0623 e. The molecule has 0 aromatic rings. The summed E-state index contributed by atoms with van der Waals surface area (Å²) >= 11 is 0. The molecule has 3 unspecified atom stereocenters. The summed E-state index contributed by atoms with van der Waals surface area (Å²) in [4.78, 5) is 0. The topological polar surface area (TPSA) is 33.3 Å². The summed E-state index contributed by atoms with van der Waals surface area (Å²) < 4.78 is 5.53. The van der Waals surface area contributed by atoms with Crippen molar-refractivity contribution in [3.63, 3.8) is 0 Å². The average molecular weight is 226 g/mol. The van der Waals surface area contributed by atoms with E-state index in [1.807, 2.05) is 0 Å². The van der Waals surface area contributed by atoms with Crippen LogP contribution >= 0.6 is 0 Å². The lowest BCUT2D eigenvalue weighted by Gasteiger charge is -2.18. The van der Waals surface area contributed by atoms with Crippen molar-refractivity contribution in [3.8, 4) is 0 Å². The molecule has 1 heterocycles. The lowest BCUT2D eigenvalue weighted by atomic mass is 10.0. The first kappa shape index (κ1) is 12.3. The van der Waals surface area contributed by atoms with Gasteiger partial charge in [-0.05, 0) is 30.8 Å². The molecule has 0 aromatic heterocycles. The Morgan fingerprint density at radius 3 is 2.62 bits per heavy atom. The second-order valence-electron chi connectivity index (χ2n) is 6.01. The van der Waals surface area contributed by atoms with Gasteiger partial charge in [0.1, 0.15) is 0 Å². The summed E-state index contributed by atoms with van der Waals surface area (Å²) in [5, 5.41) is 7.11. The minimum atomic E-state index is 0.560. The predicted molar refractivity (Wildman–Crippen MR) is 66.5 cm³/mol. The first-order valence-electron chi connectivity index (χ1n) is 6.65. The maximum atomic E-state index is 5.53. The third-order valence-electron chi connectivity index (χ3n) is 4.18. The molecule has 0 amide bonds. The van der Waals surface area contributed by atoms with Gasteiger partial charge in [-0.1, -0.05) is 20.8 Å². The normalized spacial score (nSPS) is 36.6. The highest BCUT2D eigenvalue weighted by Gasteiger charge is 2.44. The number of hydrogen-bond acceptors (Lipinski definition) is 3. The molecule has 3 atom stereocenters. The zero-order valence-corrected chi connectivity index (χ0v) is 10.9. The molecule has 1 saturated heterocycles. The van der Waals surface area contributed by atoms with Gasteiger partial charge in [-0.25, -0.2) is 0 Å². The van der Waals surface area contributed by atoms with Crippen LogP contribution < -0.4 is 10.6 Å². The molecule has 16 heavy (non-hydrogen) atoms. The maximum absolute atomic E-state index is 5.53. The molecule has 1 aliphatic carbocycles. The van der Waals surface area contributed by atoms with Gasteiger partial charge in [-0.15, -0.1) is 0 Å². The van der Waals surface area contributed by atoms with E-state index < -0.39 is 0 Å². The Labute approximate surface area is 99.3 Å². The van der Waals surface area contributed by atoms with Crippen LogP contribution in [-0.4, -0.2) is 38.9 Å². The van der Waals surface area contributed by atoms with E-state index in [1.165, 1.54) is 13.0 Å². The summed E-state index contributed by atoms with van der Waals surface area (Å²) in [6.45, 7) is 12.0. The average Bonchev–Trinajstić information content (AvgIpc) is 2.63. The molecule has 0 radical (unpaired) electrons. The van der Waals surface area contributed by atoms with E-state index in [0.717, 1.165) is 32.2 Å². The van der Waals surface area contributed by atoms with Crippen LogP contribution in [0, 0.1) is 17.3 Å². The van der Waals surface area contributed by atoms with Gasteiger partial charge in [0.2, 0.25) is 0 Å². The van der Waals surface area contributed by atoms with Crippen molar-refractivity contribution in [2.24, 2.45) is 17.3 Å². The quantitative estimate of drug-likeness (QED) is 0.715. The van der Waals surface area contributed by atoms with Gasteiger partial charge in [0, 0.05) is 18.5 Å². The van der Waals surface area contributed by atoms with Crippen LogP contribution in [0.25, 0.3) is 0 Å². The van der Waals surface area contributed by atoms with E-state index in [4.69, 9.17) is 4.74 Å². The van der Waals surface area contributed by atoms with E-state index in [0.29, 0.717) is 17.4 Å². The molecule has 3 heteroatoms. The Balaban J connectivity index is 1.62. The van der Waals surface area contributed by atoms with Gasteiger partial charge < -0.3 is 15.4 Å². The Morgan fingerprint density at radius 2 is 2.00 bits per heavy atom. The monoisotopic (exact) mass is 226 g/mol. The molecular weight excluding hydrogens is 200 g/mol. The van der Waals surface area contributed by atoms with Gasteiger partial charge in [0.05, 0.1) is 13.2 Å². The molecule has 0 aromatic carbocycles. The molecule has 1 aliphatic heterocycles. The first-order chi connectivity index (χ1) is 7.63. The second-order valence-corrected chi connectivity index (χ2v) is 6.01. The second kappa shape index (κ2) is 5.03. The molecule has 2 rings (SSSR count). The van der Waals surface area contributed by atoms with Gasteiger partial charge in [-0.3, -0.25) is 0 Å². The van der Waals surface area contributed by atoms with E-state index in [1.54, 1.807) is 0 Å². The van der Waals surface area contributed by atoms with E-state index in [2.05, 4.69) is 31.4 Å². The number of nitrogens with one attached hydrogen (secondary N) is 2. The van der Waals surface area contributed by atoms with Crippen LogP contribution in [0.2, 0.25) is 0 Å². The van der Waals surface area contributed by atoms with Crippen LogP contribution in [0.1, 0.15) is 27.2 Å². The molecule has 3 nitrogen and oxygen atoms in total. The van der Waals surface area contributed by atoms with E-state index in [9.17, 15) is 0 Å². The molecule has 2 fully saturated rings. The minimum Gasteiger partial charge on any atom is -0.379 e. The van der Waals surface area contributed by atoms with Crippen molar-refractivity contribution in [1.82, 2.24) is 10.6 Å². The number of ether oxygens (including phenoxy) is 1. The fourth-order valence-corrected chi connectivity index (χ4v) is 2.66. The highest BCUT2D eigenvalue weighted by Crippen LogP contribution is 2.50. The number of likely N-dealkylation sites (N-methyl/N-ethyl adjacent to an activating group) is 1. The van der Waals surface area contributed by atoms with Gasteiger partial charge in [-0.2, -0.15) is 0 Å². The van der Waals surface area contributed by atoms with Crippen molar-refractivity contribution in [2.45, 2.75) is 33.2 Å². The van der Waals surface area contributed by atoms with Crippen LogP contribution in [0.5, 0.6) is 0 Å². The Hall–Kier alpha value is -0.120. The fourth-order valence-electron chi connectivity index (χ4n) is 2.66. The van der Waals surface area contributed by atoms with E-state index >= 15 is 0 Å².